The molecule has 0 atom stereocenters. The van der Waals surface area contributed by atoms with E-state index >= 15 is 0 Å². The van der Waals surface area contributed by atoms with Crippen LogP contribution in [0.2, 0.25) is 0 Å². The number of aromatic carboxylic acids is 1. The normalized spacial score (nSPS) is 10.6. The number of nitrogens with zero attached hydrogens (tertiary/aromatic N) is 3. The van der Waals surface area contributed by atoms with Crippen LogP contribution in [0.3, 0.4) is 0 Å². The van der Waals surface area contributed by atoms with Crippen LogP contribution in [0.25, 0.3) is 5.65 Å². The Hall–Kier alpha value is -2.57. The molecule has 0 aliphatic carbocycles. The molecule has 7 heteroatoms. The molecule has 0 saturated heterocycles. The number of likely N-dealkylation sites (N-methyl/N-ethyl adjacent to an activating group) is 1. The van der Waals surface area contributed by atoms with E-state index in [1.54, 1.807) is 36.3 Å². The number of carboxylic acids is 1. The Labute approximate surface area is 122 Å². The molecule has 0 bridgehead atoms. The van der Waals surface area contributed by atoms with Gasteiger partial charge in [-0.1, -0.05) is 13.0 Å². The van der Waals surface area contributed by atoms with Gasteiger partial charge in [-0.25, -0.2) is 9.78 Å². The second-order valence-electron chi connectivity index (χ2n) is 4.72. The highest BCUT2D eigenvalue weighted by Gasteiger charge is 2.22. The standard InChI is InChI=1S/C14H18N4O3/c1-3-7-15-11(19)9-17(2)13-12(14(20)21)18-8-5-4-6-10(18)16-13/h4-6,8H,3,7,9H2,1-2H3,(H,15,19)(H,20,21). The minimum absolute atomic E-state index is 0.0522. The average molecular weight is 290 g/mol. The SMILES string of the molecule is CCCNC(=O)CN(C)c1nc2ccccn2c1C(=O)O. The third kappa shape index (κ3) is 3.13. The summed E-state index contributed by atoms with van der Waals surface area (Å²) in [5.74, 6) is -0.961. The predicted octanol–water partition coefficient (Wildman–Crippen LogP) is 0.995. The number of hydrogen-bond acceptors (Lipinski definition) is 4. The molecule has 0 spiro atoms. The molecule has 1 amide bonds. The van der Waals surface area contributed by atoms with Gasteiger partial charge in [0.15, 0.2) is 11.5 Å². The molecule has 0 fully saturated rings. The molecule has 2 N–H and O–H groups in total. The lowest BCUT2D eigenvalue weighted by Crippen LogP contribution is -2.36. The van der Waals surface area contributed by atoms with Crippen LogP contribution in [0.15, 0.2) is 24.4 Å². The summed E-state index contributed by atoms with van der Waals surface area (Å²) in [4.78, 5) is 29.1. The van der Waals surface area contributed by atoms with Crippen molar-refractivity contribution in [1.82, 2.24) is 14.7 Å². The molecule has 0 aromatic carbocycles. The van der Waals surface area contributed by atoms with Gasteiger partial charge in [0.05, 0.1) is 6.54 Å². The second-order valence-corrected chi connectivity index (χ2v) is 4.72. The molecule has 2 aromatic heterocycles. The number of pyridine rings is 1. The number of nitrogens with one attached hydrogen (secondary N) is 1. The summed E-state index contributed by atoms with van der Waals surface area (Å²) in [7, 11) is 1.65. The largest absolute Gasteiger partial charge is 0.476 e. The molecular formula is C14H18N4O3. The second kappa shape index (κ2) is 6.25. The van der Waals surface area contributed by atoms with E-state index in [0.29, 0.717) is 12.2 Å². The highest BCUT2D eigenvalue weighted by atomic mass is 16.4. The number of anilines is 1. The van der Waals surface area contributed by atoms with E-state index in [2.05, 4.69) is 10.3 Å². The molecule has 0 radical (unpaired) electrons. The van der Waals surface area contributed by atoms with Gasteiger partial charge in [-0.3, -0.25) is 9.20 Å². The van der Waals surface area contributed by atoms with E-state index in [9.17, 15) is 14.7 Å². The number of carbonyl (C=O) groups is 2. The highest BCUT2D eigenvalue weighted by Crippen LogP contribution is 2.20. The van der Waals surface area contributed by atoms with E-state index in [4.69, 9.17) is 0 Å². The molecule has 21 heavy (non-hydrogen) atoms. The summed E-state index contributed by atoms with van der Waals surface area (Å²) in [6.07, 6.45) is 2.49. The molecule has 0 aliphatic heterocycles. The maximum absolute atomic E-state index is 11.7. The first kappa shape index (κ1) is 14.8. The monoisotopic (exact) mass is 290 g/mol. The van der Waals surface area contributed by atoms with Gasteiger partial charge in [0.25, 0.3) is 0 Å². The molecular weight excluding hydrogens is 272 g/mol. The van der Waals surface area contributed by atoms with Crippen molar-refractivity contribution >= 4 is 23.3 Å². The summed E-state index contributed by atoms with van der Waals surface area (Å²) in [6, 6.07) is 5.24. The zero-order chi connectivity index (χ0) is 15.4. The van der Waals surface area contributed by atoms with Crippen molar-refractivity contribution in [2.45, 2.75) is 13.3 Å². The smallest absolute Gasteiger partial charge is 0.356 e. The fourth-order valence-electron chi connectivity index (χ4n) is 2.06. The lowest BCUT2D eigenvalue weighted by atomic mass is 10.3. The van der Waals surface area contributed by atoms with Gasteiger partial charge >= 0.3 is 5.97 Å². The number of hydrogen-bond donors (Lipinski definition) is 2. The van der Waals surface area contributed by atoms with Crippen LogP contribution in [0.1, 0.15) is 23.8 Å². The zero-order valence-corrected chi connectivity index (χ0v) is 12.0. The topological polar surface area (TPSA) is 86.9 Å². The average Bonchev–Trinajstić information content (AvgIpc) is 2.84. The summed E-state index contributed by atoms with van der Waals surface area (Å²) in [5.41, 5.74) is 0.585. The third-order valence-electron chi connectivity index (χ3n) is 3.03. The first-order valence-electron chi connectivity index (χ1n) is 6.72. The third-order valence-corrected chi connectivity index (χ3v) is 3.03. The summed E-state index contributed by atoms with van der Waals surface area (Å²) >= 11 is 0. The summed E-state index contributed by atoms with van der Waals surface area (Å²) in [5, 5.41) is 12.1. The lowest BCUT2D eigenvalue weighted by molar-refractivity contribution is -0.119. The Bertz CT molecular complexity index is 665. The number of fused-ring (bicyclic) bond motifs is 1. The van der Waals surface area contributed by atoms with Gasteiger partial charge in [-0.05, 0) is 18.6 Å². The van der Waals surface area contributed by atoms with Gasteiger partial charge in [0.1, 0.15) is 5.65 Å². The fourth-order valence-corrected chi connectivity index (χ4v) is 2.06. The number of imidazole rings is 1. The van der Waals surface area contributed by atoms with Gasteiger partial charge in [0, 0.05) is 19.8 Å². The number of rotatable bonds is 6. The minimum atomic E-state index is -1.08. The number of carboxylic acid groups (broad SMARTS) is 1. The van der Waals surface area contributed by atoms with Crippen molar-refractivity contribution in [1.29, 1.82) is 0 Å². The van der Waals surface area contributed by atoms with E-state index in [1.165, 1.54) is 4.40 Å². The molecule has 7 nitrogen and oxygen atoms in total. The van der Waals surface area contributed by atoms with Crippen molar-refractivity contribution in [2.75, 3.05) is 25.0 Å². The number of aromatic nitrogens is 2. The Balaban J connectivity index is 2.30. The van der Waals surface area contributed by atoms with Gasteiger partial charge in [0.2, 0.25) is 5.91 Å². The van der Waals surface area contributed by atoms with Crippen LogP contribution in [0.4, 0.5) is 5.82 Å². The fraction of sp³-hybridized carbons (Fsp3) is 0.357. The molecule has 0 saturated carbocycles. The first-order chi connectivity index (χ1) is 10.0. The lowest BCUT2D eigenvalue weighted by Gasteiger charge is -2.16. The van der Waals surface area contributed by atoms with Gasteiger partial charge in [-0.15, -0.1) is 0 Å². The molecule has 0 aliphatic rings. The quantitative estimate of drug-likeness (QED) is 0.828. The number of amides is 1. The minimum Gasteiger partial charge on any atom is -0.476 e. The summed E-state index contributed by atoms with van der Waals surface area (Å²) in [6.45, 7) is 2.63. The Kier molecular flexibility index (Phi) is 4.42. The zero-order valence-electron chi connectivity index (χ0n) is 12.0. The van der Waals surface area contributed by atoms with E-state index in [1.807, 2.05) is 6.92 Å². The van der Waals surface area contributed by atoms with Crippen LogP contribution in [-0.2, 0) is 4.79 Å². The van der Waals surface area contributed by atoms with Crippen molar-refractivity contribution in [3.63, 3.8) is 0 Å². The molecule has 2 rings (SSSR count). The van der Waals surface area contributed by atoms with Crippen LogP contribution in [-0.4, -0.2) is 46.5 Å². The summed E-state index contributed by atoms with van der Waals surface area (Å²) < 4.78 is 1.50. The van der Waals surface area contributed by atoms with Gasteiger partial charge in [-0.2, -0.15) is 0 Å². The van der Waals surface area contributed by atoms with Crippen LogP contribution in [0.5, 0.6) is 0 Å². The van der Waals surface area contributed by atoms with Crippen LogP contribution < -0.4 is 10.2 Å². The van der Waals surface area contributed by atoms with Gasteiger partial charge < -0.3 is 15.3 Å². The maximum Gasteiger partial charge on any atom is 0.356 e. The predicted molar refractivity (Wildman–Crippen MR) is 78.7 cm³/mol. The van der Waals surface area contributed by atoms with Crippen molar-refractivity contribution < 1.29 is 14.7 Å². The van der Waals surface area contributed by atoms with E-state index in [-0.39, 0.29) is 24.0 Å². The van der Waals surface area contributed by atoms with Crippen molar-refractivity contribution in [3.05, 3.63) is 30.1 Å². The maximum atomic E-state index is 11.7. The van der Waals surface area contributed by atoms with Crippen LogP contribution >= 0.6 is 0 Å². The van der Waals surface area contributed by atoms with Crippen molar-refractivity contribution in [3.8, 4) is 0 Å². The Morgan fingerprint density at radius 3 is 2.86 bits per heavy atom. The van der Waals surface area contributed by atoms with Crippen LogP contribution in [0, 0.1) is 0 Å². The molecule has 0 unspecified atom stereocenters. The van der Waals surface area contributed by atoms with Crippen molar-refractivity contribution in [2.24, 2.45) is 0 Å². The van der Waals surface area contributed by atoms with E-state index < -0.39 is 5.97 Å². The molecule has 2 aromatic rings. The first-order valence-corrected chi connectivity index (χ1v) is 6.72. The Morgan fingerprint density at radius 1 is 1.43 bits per heavy atom. The highest BCUT2D eigenvalue weighted by molar-refractivity contribution is 5.94. The Morgan fingerprint density at radius 2 is 2.19 bits per heavy atom. The molecule has 2 heterocycles. The number of carbonyl (C=O) groups excluding carboxylic acids is 1. The molecule has 112 valence electrons. The van der Waals surface area contributed by atoms with E-state index in [0.717, 1.165) is 6.42 Å².